The fourth-order valence-corrected chi connectivity index (χ4v) is 2.69. The van der Waals surface area contributed by atoms with E-state index in [-0.39, 0.29) is 16.9 Å². The number of aryl methyl sites for hydroxylation is 1. The van der Waals surface area contributed by atoms with Crippen molar-refractivity contribution in [2.45, 2.75) is 0 Å². The third-order valence-corrected chi connectivity index (χ3v) is 3.91. The number of benzene rings is 2. The molecular formula is C19H14N4O3. The maximum atomic E-state index is 12.4. The molecule has 0 aliphatic heterocycles. The minimum atomic E-state index is -0.624. The lowest BCUT2D eigenvalue weighted by atomic mass is 10.1. The van der Waals surface area contributed by atoms with Crippen LogP contribution in [0.15, 0.2) is 60.3 Å². The summed E-state index contributed by atoms with van der Waals surface area (Å²) < 4.78 is 1.91. The van der Waals surface area contributed by atoms with Crippen LogP contribution in [-0.4, -0.2) is 15.4 Å². The molecule has 0 unspecified atom stereocenters. The number of fused-ring (bicyclic) bond motifs is 1. The van der Waals surface area contributed by atoms with Crippen molar-refractivity contribution in [3.63, 3.8) is 0 Å². The first kappa shape index (κ1) is 16.9. The van der Waals surface area contributed by atoms with E-state index in [1.54, 1.807) is 0 Å². The second-order valence-corrected chi connectivity index (χ2v) is 5.64. The molecule has 1 N–H and O–H groups in total. The number of carbonyl (C=O) groups is 1. The predicted octanol–water partition coefficient (Wildman–Crippen LogP) is 3.63. The molecule has 1 heterocycles. The number of nitriles is 1. The van der Waals surface area contributed by atoms with Gasteiger partial charge in [0.1, 0.15) is 11.6 Å². The summed E-state index contributed by atoms with van der Waals surface area (Å²) in [7, 11) is 1.88. The highest BCUT2D eigenvalue weighted by atomic mass is 16.6. The first-order valence-electron chi connectivity index (χ1n) is 7.71. The number of aromatic nitrogens is 1. The number of anilines is 1. The monoisotopic (exact) mass is 346 g/mol. The average molecular weight is 346 g/mol. The number of nitro groups is 1. The largest absolute Gasteiger partial charge is 0.350 e. The topological polar surface area (TPSA) is 101 Å². The van der Waals surface area contributed by atoms with Crippen molar-refractivity contribution in [2.75, 3.05) is 5.32 Å². The third kappa shape index (κ3) is 3.30. The van der Waals surface area contributed by atoms with Crippen LogP contribution in [0.25, 0.3) is 17.0 Å². The minimum Gasteiger partial charge on any atom is -0.350 e. The quantitative estimate of drug-likeness (QED) is 0.337. The molecule has 3 aromatic rings. The highest BCUT2D eigenvalue weighted by molar-refractivity contribution is 6.10. The number of hydrogen-bond donors (Lipinski definition) is 1. The van der Waals surface area contributed by atoms with Crippen molar-refractivity contribution in [1.29, 1.82) is 5.26 Å². The summed E-state index contributed by atoms with van der Waals surface area (Å²) in [5, 5.41) is 23.6. The van der Waals surface area contributed by atoms with Crippen molar-refractivity contribution in [1.82, 2.24) is 4.57 Å². The Balaban J connectivity index is 1.92. The van der Waals surface area contributed by atoms with E-state index in [9.17, 15) is 20.2 Å². The molecular weight excluding hydrogens is 332 g/mol. The average Bonchev–Trinajstić information content (AvgIpc) is 2.96. The number of nitrogens with one attached hydrogen (secondary N) is 1. The number of nitrogens with zero attached hydrogens (tertiary/aromatic N) is 3. The molecule has 0 saturated carbocycles. The molecule has 2 aromatic carbocycles. The fourth-order valence-electron chi connectivity index (χ4n) is 2.69. The molecule has 0 bridgehead atoms. The van der Waals surface area contributed by atoms with Crippen LogP contribution in [-0.2, 0) is 11.8 Å². The number of amides is 1. The molecule has 3 rings (SSSR count). The van der Waals surface area contributed by atoms with Crippen LogP contribution >= 0.6 is 0 Å². The Morgan fingerprint density at radius 2 is 2.04 bits per heavy atom. The Morgan fingerprint density at radius 3 is 2.77 bits per heavy atom. The zero-order valence-corrected chi connectivity index (χ0v) is 13.8. The number of para-hydroxylation sites is 1. The number of rotatable bonds is 4. The molecule has 26 heavy (non-hydrogen) atoms. The van der Waals surface area contributed by atoms with Crippen LogP contribution in [0.3, 0.4) is 0 Å². The zero-order chi connectivity index (χ0) is 18.7. The summed E-state index contributed by atoms with van der Waals surface area (Å²) in [6, 6.07) is 15.1. The van der Waals surface area contributed by atoms with Crippen LogP contribution in [0.4, 0.5) is 11.4 Å². The maximum absolute atomic E-state index is 12.4. The van der Waals surface area contributed by atoms with Gasteiger partial charge in [0, 0.05) is 47.5 Å². The Morgan fingerprint density at radius 1 is 1.27 bits per heavy atom. The smallest absolute Gasteiger partial charge is 0.271 e. The van der Waals surface area contributed by atoms with Crippen LogP contribution in [0, 0.1) is 21.4 Å². The van der Waals surface area contributed by atoms with E-state index in [0.29, 0.717) is 0 Å². The van der Waals surface area contributed by atoms with E-state index >= 15 is 0 Å². The molecule has 0 aliphatic rings. The van der Waals surface area contributed by atoms with Gasteiger partial charge in [-0.15, -0.1) is 0 Å². The molecule has 0 fully saturated rings. The SMILES string of the molecule is Cn1cc(/C=C(\C#N)C(=O)Nc2cccc([N+](=O)[O-])c2)c2ccccc21. The van der Waals surface area contributed by atoms with Gasteiger partial charge in [0.15, 0.2) is 0 Å². The second-order valence-electron chi connectivity index (χ2n) is 5.64. The van der Waals surface area contributed by atoms with Crippen LogP contribution in [0.5, 0.6) is 0 Å². The molecule has 1 aromatic heterocycles. The van der Waals surface area contributed by atoms with E-state index in [0.717, 1.165) is 16.5 Å². The summed E-state index contributed by atoms with van der Waals surface area (Å²) in [4.78, 5) is 22.7. The Labute approximate surface area is 148 Å². The van der Waals surface area contributed by atoms with E-state index in [1.165, 1.54) is 30.3 Å². The van der Waals surface area contributed by atoms with Crippen molar-refractivity contribution >= 4 is 34.3 Å². The highest BCUT2D eigenvalue weighted by Gasteiger charge is 2.13. The van der Waals surface area contributed by atoms with Gasteiger partial charge in [0.2, 0.25) is 0 Å². The lowest BCUT2D eigenvalue weighted by molar-refractivity contribution is -0.384. The molecule has 7 nitrogen and oxygen atoms in total. The van der Waals surface area contributed by atoms with Gasteiger partial charge in [-0.2, -0.15) is 5.26 Å². The molecule has 0 spiro atoms. The van der Waals surface area contributed by atoms with E-state index in [2.05, 4.69) is 5.32 Å². The molecule has 0 radical (unpaired) electrons. The van der Waals surface area contributed by atoms with Crippen molar-refractivity contribution in [2.24, 2.45) is 7.05 Å². The number of carbonyl (C=O) groups excluding carboxylic acids is 1. The van der Waals surface area contributed by atoms with Crippen LogP contribution < -0.4 is 5.32 Å². The Bertz CT molecular complexity index is 1090. The van der Waals surface area contributed by atoms with Crippen molar-refractivity contribution in [3.8, 4) is 6.07 Å². The van der Waals surface area contributed by atoms with Crippen molar-refractivity contribution in [3.05, 3.63) is 76.0 Å². The summed E-state index contributed by atoms with van der Waals surface area (Å²) in [6.45, 7) is 0. The van der Waals surface area contributed by atoms with Crippen molar-refractivity contribution < 1.29 is 9.72 Å². The predicted molar refractivity (Wildman–Crippen MR) is 98.2 cm³/mol. The van der Waals surface area contributed by atoms with Gasteiger partial charge >= 0.3 is 0 Å². The molecule has 0 atom stereocenters. The Hall–Kier alpha value is -3.92. The highest BCUT2D eigenvalue weighted by Crippen LogP contribution is 2.23. The number of non-ortho nitro benzene ring substituents is 1. The minimum absolute atomic E-state index is 0.0899. The summed E-state index contributed by atoms with van der Waals surface area (Å²) >= 11 is 0. The summed E-state index contributed by atoms with van der Waals surface area (Å²) in [5.41, 5.74) is 1.75. The van der Waals surface area contributed by atoms with Gasteiger partial charge in [-0.25, -0.2) is 0 Å². The molecule has 0 saturated heterocycles. The lowest BCUT2D eigenvalue weighted by Gasteiger charge is -2.04. The third-order valence-electron chi connectivity index (χ3n) is 3.91. The van der Waals surface area contributed by atoms with Crippen LogP contribution in [0.2, 0.25) is 0 Å². The molecule has 128 valence electrons. The van der Waals surface area contributed by atoms with Crippen LogP contribution in [0.1, 0.15) is 5.56 Å². The summed E-state index contributed by atoms with van der Waals surface area (Å²) in [5.74, 6) is -0.624. The van der Waals surface area contributed by atoms with E-state index in [4.69, 9.17) is 0 Å². The van der Waals surface area contributed by atoms with E-state index < -0.39 is 10.8 Å². The number of nitro benzene ring substituents is 1. The lowest BCUT2D eigenvalue weighted by Crippen LogP contribution is -2.13. The fraction of sp³-hybridized carbons (Fsp3) is 0.0526. The molecule has 1 amide bonds. The Kier molecular flexibility index (Phi) is 4.50. The van der Waals surface area contributed by atoms with Gasteiger partial charge in [-0.1, -0.05) is 24.3 Å². The standard InChI is InChI=1S/C19H14N4O3/c1-22-12-14(17-7-2-3-8-18(17)22)9-13(11-20)19(24)21-15-5-4-6-16(10-15)23(25)26/h2-10,12H,1H3,(H,21,24)/b13-9+. The second kappa shape index (κ2) is 6.91. The first-order valence-corrected chi connectivity index (χ1v) is 7.71. The summed E-state index contributed by atoms with van der Waals surface area (Å²) in [6.07, 6.45) is 3.34. The van der Waals surface area contributed by atoms with Gasteiger partial charge in [-0.3, -0.25) is 14.9 Å². The normalized spacial score (nSPS) is 11.2. The van der Waals surface area contributed by atoms with Gasteiger partial charge in [0.05, 0.1) is 4.92 Å². The maximum Gasteiger partial charge on any atom is 0.271 e. The first-order chi connectivity index (χ1) is 12.5. The van der Waals surface area contributed by atoms with Gasteiger partial charge in [-0.05, 0) is 18.2 Å². The van der Waals surface area contributed by atoms with E-state index in [1.807, 2.05) is 48.1 Å². The van der Waals surface area contributed by atoms with Gasteiger partial charge in [0.25, 0.3) is 11.6 Å². The molecule has 7 heteroatoms. The van der Waals surface area contributed by atoms with Gasteiger partial charge < -0.3 is 9.88 Å². The molecule has 0 aliphatic carbocycles. The number of hydrogen-bond acceptors (Lipinski definition) is 4. The zero-order valence-electron chi connectivity index (χ0n) is 13.8.